The van der Waals surface area contributed by atoms with Gasteiger partial charge in [0.1, 0.15) is 22.9 Å². The van der Waals surface area contributed by atoms with Gasteiger partial charge in [-0.3, -0.25) is 4.79 Å². The molecule has 10 heteroatoms. The summed E-state index contributed by atoms with van der Waals surface area (Å²) in [6.07, 6.45) is -2.27. The van der Waals surface area contributed by atoms with E-state index < -0.39 is 24.2 Å². The Morgan fingerprint density at radius 1 is 1.33 bits per heavy atom. The molecule has 0 saturated carbocycles. The van der Waals surface area contributed by atoms with Gasteiger partial charge in [0.15, 0.2) is 6.04 Å². The van der Waals surface area contributed by atoms with Crippen molar-refractivity contribution in [2.75, 3.05) is 12.4 Å². The van der Waals surface area contributed by atoms with E-state index in [-0.39, 0.29) is 24.3 Å². The molecule has 2 unspecified atom stereocenters. The number of anilines is 1. The summed E-state index contributed by atoms with van der Waals surface area (Å²) in [6.45, 7) is 0.206. The second-order valence-electron chi connectivity index (χ2n) is 6.89. The molecule has 0 radical (unpaired) electrons. The standard InChI is InChI=1S/C20H19F3N4O3/c1-29-13-6-4-12(5-7-13)10-24-19(28)14-11-25-27-17(20(21,22)23)9-15(26-18(14)27)16-3-2-8-30-16/h2-8,11,15,17,26H,9-10H2,1H3,(H,24,28). The Labute approximate surface area is 169 Å². The Kier molecular flexibility index (Phi) is 5.15. The molecule has 3 heterocycles. The van der Waals surface area contributed by atoms with E-state index >= 15 is 0 Å². The fourth-order valence-corrected chi connectivity index (χ4v) is 3.43. The normalized spacial score (nSPS) is 18.4. The lowest BCUT2D eigenvalue weighted by Gasteiger charge is -2.32. The van der Waals surface area contributed by atoms with Crippen LogP contribution in [0.4, 0.5) is 19.0 Å². The van der Waals surface area contributed by atoms with E-state index in [2.05, 4.69) is 15.7 Å². The number of furan rings is 1. The number of aromatic nitrogens is 2. The highest BCUT2D eigenvalue weighted by atomic mass is 19.4. The summed E-state index contributed by atoms with van der Waals surface area (Å²) >= 11 is 0. The summed E-state index contributed by atoms with van der Waals surface area (Å²) in [5.41, 5.74) is 0.855. The monoisotopic (exact) mass is 420 g/mol. The number of halogens is 3. The minimum atomic E-state index is -4.52. The zero-order valence-corrected chi connectivity index (χ0v) is 15.9. The molecule has 1 aromatic carbocycles. The van der Waals surface area contributed by atoms with Gasteiger partial charge in [0.2, 0.25) is 0 Å². The van der Waals surface area contributed by atoms with Crippen LogP contribution in [0, 0.1) is 0 Å². The highest BCUT2D eigenvalue weighted by molar-refractivity contribution is 5.98. The zero-order valence-electron chi connectivity index (χ0n) is 15.9. The van der Waals surface area contributed by atoms with Crippen molar-refractivity contribution in [2.24, 2.45) is 0 Å². The van der Waals surface area contributed by atoms with Gasteiger partial charge in [-0.2, -0.15) is 18.3 Å². The number of hydrogen-bond donors (Lipinski definition) is 2. The number of ether oxygens (including phenoxy) is 1. The molecule has 4 rings (SSSR count). The maximum atomic E-state index is 13.6. The first-order chi connectivity index (χ1) is 14.4. The predicted octanol–water partition coefficient (Wildman–Crippen LogP) is 4.08. The topological polar surface area (TPSA) is 81.3 Å². The van der Waals surface area contributed by atoms with Crippen molar-refractivity contribution in [3.63, 3.8) is 0 Å². The average molecular weight is 420 g/mol. The van der Waals surface area contributed by atoms with Crippen molar-refractivity contribution in [2.45, 2.75) is 31.2 Å². The van der Waals surface area contributed by atoms with Gasteiger partial charge >= 0.3 is 6.18 Å². The first-order valence-corrected chi connectivity index (χ1v) is 9.22. The lowest BCUT2D eigenvalue weighted by Crippen LogP contribution is -2.36. The van der Waals surface area contributed by atoms with Gasteiger partial charge in [0.05, 0.1) is 25.6 Å². The highest BCUT2D eigenvalue weighted by Crippen LogP contribution is 2.44. The van der Waals surface area contributed by atoms with Crippen LogP contribution in [-0.2, 0) is 6.54 Å². The van der Waals surface area contributed by atoms with Crippen molar-refractivity contribution < 1.29 is 27.1 Å². The maximum absolute atomic E-state index is 13.6. The molecular formula is C20H19F3N4O3. The Bertz CT molecular complexity index is 1010. The number of alkyl halides is 3. The molecule has 0 aliphatic carbocycles. The van der Waals surface area contributed by atoms with Crippen LogP contribution in [0.5, 0.6) is 5.75 Å². The van der Waals surface area contributed by atoms with Crippen molar-refractivity contribution >= 4 is 11.7 Å². The summed E-state index contributed by atoms with van der Waals surface area (Å²) in [4.78, 5) is 12.7. The van der Waals surface area contributed by atoms with Gasteiger partial charge in [-0.15, -0.1) is 0 Å². The van der Waals surface area contributed by atoms with Gasteiger partial charge in [0.25, 0.3) is 5.91 Å². The molecule has 1 aliphatic heterocycles. The van der Waals surface area contributed by atoms with Crippen molar-refractivity contribution in [3.8, 4) is 5.75 Å². The van der Waals surface area contributed by atoms with E-state index in [1.807, 2.05) is 0 Å². The van der Waals surface area contributed by atoms with Gasteiger partial charge in [-0.1, -0.05) is 12.1 Å². The number of rotatable bonds is 5. The molecule has 30 heavy (non-hydrogen) atoms. The molecule has 0 fully saturated rings. The molecule has 2 aromatic heterocycles. The van der Waals surface area contributed by atoms with Crippen molar-refractivity contribution in [3.05, 3.63) is 65.7 Å². The number of hydrogen-bond acceptors (Lipinski definition) is 5. The van der Waals surface area contributed by atoms with Crippen molar-refractivity contribution in [1.29, 1.82) is 0 Å². The fraction of sp³-hybridized carbons (Fsp3) is 0.300. The number of fused-ring (bicyclic) bond motifs is 1. The van der Waals surface area contributed by atoms with E-state index in [4.69, 9.17) is 9.15 Å². The summed E-state index contributed by atoms with van der Waals surface area (Å²) in [6, 6.07) is 7.69. The molecule has 0 bridgehead atoms. The molecule has 0 spiro atoms. The molecule has 3 aromatic rings. The number of amides is 1. The number of nitrogens with zero attached hydrogens (tertiary/aromatic N) is 2. The Hall–Kier alpha value is -3.43. The van der Waals surface area contributed by atoms with E-state index in [1.54, 1.807) is 43.5 Å². The van der Waals surface area contributed by atoms with Crippen LogP contribution in [0.25, 0.3) is 0 Å². The predicted molar refractivity (Wildman–Crippen MR) is 101 cm³/mol. The number of benzene rings is 1. The van der Waals surface area contributed by atoms with Crippen LogP contribution >= 0.6 is 0 Å². The van der Waals surface area contributed by atoms with Gasteiger partial charge in [0, 0.05) is 13.0 Å². The van der Waals surface area contributed by atoms with Crippen LogP contribution in [0.2, 0.25) is 0 Å². The molecule has 2 N–H and O–H groups in total. The van der Waals surface area contributed by atoms with Gasteiger partial charge < -0.3 is 19.8 Å². The third-order valence-corrected chi connectivity index (χ3v) is 4.98. The summed E-state index contributed by atoms with van der Waals surface area (Å²) < 4.78 is 52.1. The Morgan fingerprint density at radius 3 is 2.73 bits per heavy atom. The van der Waals surface area contributed by atoms with E-state index in [9.17, 15) is 18.0 Å². The molecule has 1 amide bonds. The number of nitrogens with one attached hydrogen (secondary N) is 2. The molecule has 1 aliphatic rings. The van der Waals surface area contributed by atoms with Crippen LogP contribution in [-0.4, -0.2) is 29.0 Å². The summed E-state index contributed by atoms with van der Waals surface area (Å²) in [7, 11) is 1.55. The third kappa shape index (κ3) is 3.85. The lowest BCUT2D eigenvalue weighted by molar-refractivity contribution is -0.174. The number of carbonyl (C=O) groups is 1. The highest BCUT2D eigenvalue weighted by Gasteiger charge is 2.47. The fourth-order valence-electron chi connectivity index (χ4n) is 3.43. The van der Waals surface area contributed by atoms with Gasteiger partial charge in [-0.05, 0) is 29.8 Å². The average Bonchev–Trinajstić information content (AvgIpc) is 3.41. The van der Waals surface area contributed by atoms with Crippen molar-refractivity contribution in [1.82, 2.24) is 15.1 Å². The first kappa shape index (κ1) is 19.9. The maximum Gasteiger partial charge on any atom is 0.410 e. The quantitative estimate of drug-likeness (QED) is 0.650. The molecular weight excluding hydrogens is 401 g/mol. The molecule has 2 atom stereocenters. The van der Waals surface area contributed by atoms with Crippen LogP contribution in [0.3, 0.4) is 0 Å². The first-order valence-electron chi connectivity index (χ1n) is 9.22. The molecule has 7 nitrogen and oxygen atoms in total. The van der Waals surface area contributed by atoms with Crippen LogP contribution in [0.1, 0.15) is 40.2 Å². The minimum absolute atomic E-state index is 0.0113. The van der Waals surface area contributed by atoms with Crippen LogP contribution in [0.15, 0.2) is 53.3 Å². The second-order valence-corrected chi connectivity index (χ2v) is 6.89. The molecule has 0 saturated heterocycles. The largest absolute Gasteiger partial charge is 0.497 e. The zero-order chi connectivity index (χ0) is 21.3. The van der Waals surface area contributed by atoms with Crippen LogP contribution < -0.4 is 15.4 Å². The number of methoxy groups -OCH3 is 1. The van der Waals surface area contributed by atoms with Gasteiger partial charge in [-0.25, -0.2) is 4.68 Å². The van der Waals surface area contributed by atoms with E-state index in [1.165, 1.54) is 6.26 Å². The Morgan fingerprint density at radius 2 is 2.10 bits per heavy atom. The smallest absolute Gasteiger partial charge is 0.410 e. The Balaban J connectivity index is 1.56. The molecule has 158 valence electrons. The summed E-state index contributed by atoms with van der Waals surface area (Å²) in [5.74, 6) is 0.529. The summed E-state index contributed by atoms with van der Waals surface area (Å²) in [5, 5.41) is 9.53. The number of carbonyl (C=O) groups excluding carboxylic acids is 1. The third-order valence-electron chi connectivity index (χ3n) is 4.98. The second kappa shape index (κ2) is 7.77. The SMILES string of the molecule is COc1ccc(CNC(=O)c2cnn3c2NC(c2ccco2)CC3C(F)(F)F)cc1. The minimum Gasteiger partial charge on any atom is -0.497 e. The van der Waals surface area contributed by atoms with E-state index in [0.29, 0.717) is 11.5 Å². The van der Waals surface area contributed by atoms with E-state index in [0.717, 1.165) is 16.4 Å². The lowest BCUT2D eigenvalue weighted by atomic mass is 10.0.